The van der Waals surface area contributed by atoms with Crippen molar-refractivity contribution in [2.24, 2.45) is 0 Å². The number of nitro groups is 1. The van der Waals surface area contributed by atoms with Crippen LogP contribution in [0.1, 0.15) is 25.0 Å². The first-order valence-electron chi connectivity index (χ1n) is 4.08. The number of nitro benzene ring substituents is 1. The van der Waals surface area contributed by atoms with E-state index >= 15 is 0 Å². The Morgan fingerprint density at radius 2 is 2.00 bits per heavy atom. The van der Waals surface area contributed by atoms with E-state index in [2.05, 4.69) is 0 Å². The monoisotopic (exact) mass is 178 g/mol. The van der Waals surface area contributed by atoms with Crippen LogP contribution >= 0.6 is 0 Å². The summed E-state index contributed by atoms with van der Waals surface area (Å²) < 4.78 is 0. The van der Waals surface area contributed by atoms with Crippen LogP contribution in [0.4, 0.5) is 5.69 Å². The molecule has 0 aliphatic rings. The standard InChI is InChI=1S/C10H12NO2/c1-7(2)9-6-8(3)4-5-10(9)11(12)13/h4-6H,1-3H3. The molecule has 0 spiro atoms. The van der Waals surface area contributed by atoms with Crippen molar-refractivity contribution in [1.29, 1.82) is 0 Å². The molecule has 1 rings (SSSR count). The molecule has 0 aromatic heterocycles. The molecule has 3 nitrogen and oxygen atoms in total. The molecule has 69 valence electrons. The Bertz CT molecular complexity index is 332. The minimum atomic E-state index is -0.345. The highest BCUT2D eigenvalue weighted by molar-refractivity contribution is 5.49. The van der Waals surface area contributed by atoms with Crippen molar-refractivity contribution in [3.8, 4) is 0 Å². The maximum absolute atomic E-state index is 10.6. The molecule has 1 aromatic rings. The lowest BCUT2D eigenvalue weighted by Crippen LogP contribution is -1.98. The largest absolute Gasteiger partial charge is 0.273 e. The average Bonchev–Trinajstić information content (AvgIpc) is 2.03. The molecule has 0 saturated carbocycles. The third-order valence-corrected chi connectivity index (χ3v) is 1.89. The van der Waals surface area contributed by atoms with Crippen LogP contribution in [0.3, 0.4) is 0 Å². The van der Waals surface area contributed by atoms with E-state index in [1.165, 1.54) is 0 Å². The average molecular weight is 178 g/mol. The topological polar surface area (TPSA) is 43.1 Å². The smallest absolute Gasteiger partial charge is 0.258 e. The molecular weight excluding hydrogens is 166 g/mol. The lowest BCUT2D eigenvalue weighted by Gasteiger charge is -2.06. The van der Waals surface area contributed by atoms with E-state index in [1.807, 2.05) is 26.8 Å². The highest BCUT2D eigenvalue weighted by Gasteiger charge is 2.15. The van der Waals surface area contributed by atoms with E-state index in [1.54, 1.807) is 12.1 Å². The molecule has 1 aromatic carbocycles. The van der Waals surface area contributed by atoms with Crippen molar-refractivity contribution >= 4 is 5.69 Å². The minimum Gasteiger partial charge on any atom is -0.258 e. The van der Waals surface area contributed by atoms with Gasteiger partial charge in [0.25, 0.3) is 5.69 Å². The number of hydrogen-bond donors (Lipinski definition) is 0. The van der Waals surface area contributed by atoms with Gasteiger partial charge in [-0.25, -0.2) is 0 Å². The van der Waals surface area contributed by atoms with E-state index < -0.39 is 0 Å². The summed E-state index contributed by atoms with van der Waals surface area (Å²) in [6, 6.07) is 5.15. The molecule has 0 N–H and O–H groups in total. The summed E-state index contributed by atoms with van der Waals surface area (Å²) in [6.45, 7) is 5.68. The van der Waals surface area contributed by atoms with Gasteiger partial charge in [-0.3, -0.25) is 10.1 Å². The van der Waals surface area contributed by atoms with Gasteiger partial charge in [-0.2, -0.15) is 0 Å². The van der Waals surface area contributed by atoms with Gasteiger partial charge >= 0.3 is 0 Å². The minimum absolute atomic E-state index is 0.186. The molecule has 1 radical (unpaired) electrons. The van der Waals surface area contributed by atoms with Crippen molar-refractivity contribution in [2.45, 2.75) is 20.8 Å². The highest BCUT2D eigenvalue weighted by Crippen LogP contribution is 2.26. The maximum atomic E-state index is 10.6. The number of hydrogen-bond acceptors (Lipinski definition) is 2. The fourth-order valence-corrected chi connectivity index (χ4v) is 1.21. The van der Waals surface area contributed by atoms with Gasteiger partial charge in [-0.05, 0) is 13.0 Å². The zero-order chi connectivity index (χ0) is 10.0. The number of aryl methyl sites for hydroxylation is 1. The van der Waals surface area contributed by atoms with E-state index in [4.69, 9.17) is 0 Å². The van der Waals surface area contributed by atoms with Gasteiger partial charge in [0.05, 0.1) is 4.92 Å². The molecule has 0 aliphatic carbocycles. The molecular formula is C10H12NO2. The lowest BCUT2D eigenvalue weighted by molar-refractivity contribution is -0.385. The zero-order valence-corrected chi connectivity index (χ0v) is 8.00. The molecule has 0 saturated heterocycles. The number of nitrogens with zero attached hydrogens (tertiary/aromatic N) is 1. The van der Waals surface area contributed by atoms with Crippen molar-refractivity contribution in [3.63, 3.8) is 0 Å². The van der Waals surface area contributed by atoms with Gasteiger partial charge in [0.2, 0.25) is 0 Å². The Labute approximate surface area is 77.5 Å². The molecule has 0 atom stereocenters. The van der Waals surface area contributed by atoms with Crippen molar-refractivity contribution < 1.29 is 4.92 Å². The van der Waals surface area contributed by atoms with Crippen LogP contribution < -0.4 is 0 Å². The van der Waals surface area contributed by atoms with Crippen LogP contribution in [0.15, 0.2) is 18.2 Å². The SMILES string of the molecule is C[C](C)c1cc(C)ccc1[N+](=O)[O-]. The van der Waals surface area contributed by atoms with Gasteiger partial charge in [0.1, 0.15) is 0 Å². The Balaban J connectivity index is 3.26. The van der Waals surface area contributed by atoms with Crippen molar-refractivity contribution in [3.05, 3.63) is 45.4 Å². The van der Waals surface area contributed by atoms with Crippen LogP contribution in [0.5, 0.6) is 0 Å². The van der Waals surface area contributed by atoms with Crippen LogP contribution in [-0.2, 0) is 0 Å². The van der Waals surface area contributed by atoms with E-state index in [0.717, 1.165) is 17.0 Å². The Morgan fingerprint density at radius 1 is 1.38 bits per heavy atom. The van der Waals surface area contributed by atoms with E-state index in [9.17, 15) is 10.1 Å². The maximum Gasteiger partial charge on any atom is 0.273 e. The second kappa shape index (κ2) is 3.56. The van der Waals surface area contributed by atoms with Crippen molar-refractivity contribution in [1.82, 2.24) is 0 Å². The quantitative estimate of drug-likeness (QED) is 0.516. The van der Waals surface area contributed by atoms with Gasteiger partial charge < -0.3 is 0 Å². The predicted molar refractivity (Wildman–Crippen MR) is 51.5 cm³/mol. The fourth-order valence-electron chi connectivity index (χ4n) is 1.21. The molecule has 0 bridgehead atoms. The Morgan fingerprint density at radius 3 is 2.46 bits per heavy atom. The van der Waals surface area contributed by atoms with Crippen LogP contribution in [0.25, 0.3) is 0 Å². The van der Waals surface area contributed by atoms with Gasteiger partial charge in [0.15, 0.2) is 0 Å². The first-order chi connectivity index (χ1) is 6.02. The summed E-state index contributed by atoms with van der Waals surface area (Å²) in [5.74, 6) is 0.968. The number of rotatable bonds is 2. The van der Waals surface area contributed by atoms with Crippen LogP contribution in [0.2, 0.25) is 0 Å². The fraction of sp³-hybridized carbons (Fsp3) is 0.300. The van der Waals surface area contributed by atoms with Crippen LogP contribution in [0, 0.1) is 23.0 Å². The highest BCUT2D eigenvalue weighted by atomic mass is 16.6. The first-order valence-corrected chi connectivity index (χ1v) is 4.08. The predicted octanol–water partition coefficient (Wildman–Crippen LogP) is 2.87. The summed E-state index contributed by atoms with van der Waals surface area (Å²) in [5.41, 5.74) is 1.96. The van der Waals surface area contributed by atoms with Crippen LogP contribution in [-0.4, -0.2) is 4.92 Å². The van der Waals surface area contributed by atoms with E-state index in [-0.39, 0.29) is 10.6 Å². The first kappa shape index (κ1) is 9.71. The van der Waals surface area contributed by atoms with E-state index in [0.29, 0.717) is 0 Å². The summed E-state index contributed by atoms with van der Waals surface area (Å²) in [6.07, 6.45) is 0. The zero-order valence-electron chi connectivity index (χ0n) is 8.00. The summed E-state index contributed by atoms with van der Waals surface area (Å²) in [4.78, 5) is 10.3. The lowest BCUT2D eigenvalue weighted by atomic mass is 9.99. The Kier molecular flexibility index (Phi) is 2.66. The van der Waals surface area contributed by atoms with Crippen molar-refractivity contribution in [2.75, 3.05) is 0 Å². The summed E-state index contributed by atoms with van der Waals surface area (Å²) in [7, 11) is 0. The molecule has 0 fully saturated rings. The molecule has 13 heavy (non-hydrogen) atoms. The number of benzene rings is 1. The molecule has 0 unspecified atom stereocenters. The molecule has 0 amide bonds. The third kappa shape index (κ3) is 2.05. The second-order valence-corrected chi connectivity index (χ2v) is 3.28. The molecule has 3 heteroatoms. The normalized spacial score (nSPS) is 10.5. The summed E-state index contributed by atoms with van der Waals surface area (Å²) in [5, 5.41) is 10.6. The van der Waals surface area contributed by atoms with Gasteiger partial charge in [-0.1, -0.05) is 25.5 Å². The van der Waals surface area contributed by atoms with Gasteiger partial charge in [-0.15, -0.1) is 0 Å². The molecule has 0 heterocycles. The van der Waals surface area contributed by atoms with Gasteiger partial charge in [0, 0.05) is 17.5 Å². The Hall–Kier alpha value is -1.38. The second-order valence-electron chi connectivity index (χ2n) is 3.28. The summed E-state index contributed by atoms with van der Waals surface area (Å²) >= 11 is 0. The molecule has 0 aliphatic heterocycles. The third-order valence-electron chi connectivity index (χ3n) is 1.89.